The Kier molecular flexibility index (Phi) is 4.42. The third-order valence-electron chi connectivity index (χ3n) is 4.05. The molecule has 4 rings (SSSR count). The van der Waals surface area contributed by atoms with E-state index in [1.54, 1.807) is 19.1 Å². The SMILES string of the molecule is CCOC(=O)c1nc(NCc2ccc(F)cc2)c2oc3ccccc3c2n1. The van der Waals surface area contributed by atoms with E-state index in [9.17, 15) is 9.18 Å². The van der Waals surface area contributed by atoms with Crippen molar-refractivity contribution in [3.63, 3.8) is 0 Å². The van der Waals surface area contributed by atoms with Crippen LogP contribution in [0.15, 0.2) is 52.9 Å². The number of esters is 1. The molecule has 0 aliphatic rings. The fourth-order valence-electron chi connectivity index (χ4n) is 2.79. The number of hydrogen-bond acceptors (Lipinski definition) is 6. The van der Waals surface area contributed by atoms with Gasteiger partial charge in [-0.1, -0.05) is 24.3 Å². The first kappa shape index (κ1) is 17.0. The van der Waals surface area contributed by atoms with Crippen molar-refractivity contribution in [3.05, 3.63) is 65.7 Å². The first-order valence-corrected chi connectivity index (χ1v) is 8.50. The molecular weight excluding hydrogens is 349 g/mol. The first-order valence-electron chi connectivity index (χ1n) is 8.50. The molecule has 2 heterocycles. The van der Waals surface area contributed by atoms with Gasteiger partial charge in [0.05, 0.1) is 6.61 Å². The number of nitrogens with one attached hydrogen (secondary N) is 1. The van der Waals surface area contributed by atoms with E-state index < -0.39 is 5.97 Å². The third kappa shape index (κ3) is 3.31. The summed E-state index contributed by atoms with van der Waals surface area (Å²) < 4.78 is 24.0. The van der Waals surface area contributed by atoms with Gasteiger partial charge in [0.2, 0.25) is 5.82 Å². The number of carbonyl (C=O) groups excluding carboxylic acids is 1. The minimum Gasteiger partial charge on any atom is -0.460 e. The second-order valence-electron chi connectivity index (χ2n) is 5.87. The van der Waals surface area contributed by atoms with Gasteiger partial charge in [-0.25, -0.2) is 19.2 Å². The van der Waals surface area contributed by atoms with Crippen LogP contribution in [0.5, 0.6) is 0 Å². The third-order valence-corrected chi connectivity index (χ3v) is 4.05. The number of para-hydroxylation sites is 1. The molecule has 0 bridgehead atoms. The summed E-state index contributed by atoms with van der Waals surface area (Å²) in [5, 5.41) is 3.93. The molecule has 27 heavy (non-hydrogen) atoms. The molecule has 7 heteroatoms. The maximum absolute atomic E-state index is 13.1. The van der Waals surface area contributed by atoms with Gasteiger partial charge in [-0.3, -0.25) is 0 Å². The fraction of sp³-hybridized carbons (Fsp3) is 0.150. The van der Waals surface area contributed by atoms with Crippen molar-refractivity contribution in [2.75, 3.05) is 11.9 Å². The van der Waals surface area contributed by atoms with E-state index in [-0.39, 0.29) is 18.2 Å². The number of fused-ring (bicyclic) bond motifs is 3. The van der Waals surface area contributed by atoms with Crippen LogP contribution in [0.4, 0.5) is 10.2 Å². The molecule has 0 aliphatic heterocycles. The van der Waals surface area contributed by atoms with E-state index in [4.69, 9.17) is 9.15 Å². The minimum atomic E-state index is -0.602. The van der Waals surface area contributed by atoms with Gasteiger partial charge in [0.15, 0.2) is 11.4 Å². The van der Waals surface area contributed by atoms with Crippen LogP contribution in [0, 0.1) is 5.82 Å². The van der Waals surface area contributed by atoms with Crippen molar-refractivity contribution in [1.29, 1.82) is 0 Å². The zero-order chi connectivity index (χ0) is 18.8. The molecule has 2 aromatic carbocycles. The Hall–Kier alpha value is -3.48. The Balaban J connectivity index is 1.78. The standard InChI is InChI=1S/C20H16FN3O3/c1-2-26-20(25)19-23-16-14-5-3-4-6-15(14)27-17(16)18(24-19)22-11-12-7-9-13(21)10-8-12/h3-10H,2,11H2,1H3,(H,22,23,24). The molecule has 0 spiro atoms. The highest BCUT2D eigenvalue weighted by atomic mass is 19.1. The number of halogens is 1. The van der Waals surface area contributed by atoms with Crippen molar-refractivity contribution >= 4 is 33.9 Å². The molecule has 0 fully saturated rings. The average molecular weight is 365 g/mol. The summed E-state index contributed by atoms with van der Waals surface area (Å²) in [6, 6.07) is 13.5. The molecule has 0 atom stereocenters. The monoisotopic (exact) mass is 365 g/mol. The Morgan fingerprint density at radius 2 is 1.93 bits per heavy atom. The molecule has 4 aromatic rings. The second kappa shape index (κ2) is 7.03. The van der Waals surface area contributed by atoms with Crippen molar-refractivity contribution in [2.45, 2.75) is 13.5 Å². The van der Waals surface area contributed by atoms with Crippen LogP contribution in [0.25, 0.3) is 22.1 Å². The largest absolute Gasteiger partial charge is 0.460 e. The Morgan fingerprint density at radius 3 is 2.70 bits per heavy atom. The topological polar surface area (TPSA) is 77.2 Å². The van der Waals surface area contributed by atoms with Gasteiger partial charge in [-0.05, 0) is 36.8 Å². The van der Waals surface area contributed by atoms with Crippen molar-refractivity contribution < 1.29 is 18.3 Å². The predicted molar refractivity (Wildman–Crippen MR) is 99.0 cm³/mol. The summed E-state index contributed by atoms with van der Waals surface area (Å²) >= 11 is 0. The van der Waals surface area contributed by atoms with E-state index in [1.807, 2.05) is 24.3 Å². The quantitative estimate of drug-likeness (QED) is 0.531. The molecule has 0 saturated carbocycles. The summed E-state index contributed by atoms with van der Waals surface area (Å²) in [4.78, 5) is 20.8. The van der Waals surface area contributed by atoms with E-state index in [0.717, 1.165) is 10.9 Å². The van der Waals surface area contributed by atoms with Gasteiger partial charge < -0.3 is 14.5 Å². The smallest absolute Gasteiger partial charge is 0.376 e. The summed E-state index contributed by atoms with van der Waals surface area (Å²) in [5.41, 5.74) is 2.49. The van der Waals surface area contributed by atoms with Crippen molar-refractivity contribution in [3.8, 4) is 0 Å². The average Bonchev–Trinajstić information content (AvgIpc) is 3.06. The lowest BCUT2D eigenvalue weighted by atomic mass is 10.2. The van der Waals surface area contributed by atoms with Crippen molar-refractivity contribution in [1.82, 2.24) is 9.97 Å². The summed E-state index contributed by atoms with van der Waals surface area (Å²) in [6.45, 7) is 2.33. The van der Waals surface area contributed by atoms with Crippen LogP contribution in [0.2, 0.25) is 0 Å². The van der Waals surface area contributed by atoms with Crippen LogP contribution in [0.1, 0.15) is 23.1 Å². The molecule has 0 unspecified atom stereocenters. The van der Waals surface area contributed by atoms with Crippen molar-refractivity contribution in [2.24, 2.45) is 0 Å². The van der Waals surface area contributed by atoms with Crippen LogP contribution >= 0.6 is 0 Å². The number of benzene rings is 2. The van der Waals surface area contributed by atoms with Gasteiger partial charge in [0.1, 0.15) is 16.9 Å². The molecular formula is C20H16FN3O3. The van der Waals surface area contributed by atoms with Crippen LogP contribution in [-0.4, -0.2) is 22.5 Å². The van der Waals surface area contributed by atoms with E-state index in [0.29, 0.717) is 29.0 Å². The maximum atomic E-state index is 13.1. The summed E-state index contributed by atoms with van der Waals surface area (Å²) in [7, 11) is 0. The van der Waals surface area contributed by atoms with E-state index in [2.05, 4.69) is 15.3 Å². The van der Waals surface area contributed by atoms with Gasteiger partial charge in [0, 0.05) is 11.9 Å². The highest BCUT2D eigenvalue weighted by molar-refractivity contribution is 6.06. The molecule has 0 amide bonds. The number of ether oxygens (including phenoxy) is 1. The number of hydrogen-bond donors (Lipinski definition) is 1. The minimum absolute atomic E-state index is 0.0440. The Labute approximate surface area is 154 Å². The van der Waals surface area contributed by atoms with E-state index in [1.165, 1.54) is 12.1 Å². The Bertz CT molecular complexity index is 1120. The zero-order valence-corrected chi connectivity index (χ0v) is 14.5. The van der Waals surface area contributed by atoms with Gasteiger partial charge in [0.25, 0.3) is 0 Å². The number of furan rings is 1. The van der Waals surface area contributed by atoms with Gasteiger partial charge in [-0.15, -0.1) is 0 Å². The maximum Gasteiger partial charge on any atom is 0.376 e. The zero-order valence-electron chi connectivity index (χ0n) is 14.5. The number of rotatable bonds is 5. The summed E-state index contributed by atoms with van der Waals surface area (Å²) in [5.74, 6) is -0.569. The molecule has 2 aromatic heterocycles. The summed E-state index contributed by atoms with van der Waals surface area (Å²) in [6.07, 6.45) is 0. The molecule has 6 nitrogen and oxygen atoms in total. The predicted octanol–water partition coefficient (Wildman–Crippen LogP) is 4.30. The number of aromatic nitrogens is 2. The van der Waals surface area contributed by atoms with Gasteiger partial charge in [-0.2, -0.15) is 0 Å². The first-order chi connectivity index (χ1) is 13.2. The molecule has 1 N–H and O–H groups in total. The normalized spacial score (nSPS) is 11.0. The number of anilines is 1. The lowest BCUT2D eigenvalue weighted by Crippen LogP contribution is -2.12. The van der Waals surface area contributed by atoms with Gasteiger partial charge >= 0.3 is 5.97 Å². The molecule has 136 valence electrons. The van der Waals surface area contributed by atoms with Crippen LogP contribution < -0.4 is 5.32 Å². The second-order valence-corrected chi connectivity index (χ2v) is 5.87. The molecule has 0 saturated heterocycles. The lowest BCUT2D eigenvalue weighted by molar-refractivity contribution is 0.0512. The Morgan fingerprint density at radius 1 is 1.15 bits per heavy atom. The molecule has 0 aliphatic carbocycles. The molecule has 0 radical (unpaired) electrons. The fourth-order valence-corrected chi connectivity index (χ4v) is 2.79. The highest BCUT2D eigenvalue weighted by Crippen LogP contribution is 2.31. The number of nitrogens with zero attached hydrogens (tertiary/aromatic N) is 2. The number of carbonyl (C=O) groups is 1. The van der Waals surface area contributed by atoms with Crippen LogP contribution in [-0.2, 0) is 11.3 Å². The van der Waals surface area contributed by atoms with E-state index >= 15 is 0 Å². The highest BCUT2D eigenvalue weighted by Gasteiger charge is 2.19. The van der Waals surface area contributed by atoms with Crippen LogP contribution in [0.3, 0.4) is 0 Å². The lowest BCUT2D eigenvalue weighted by Gasteiger charge is -2.08.